The van der Waals surface area contributed by atoms with Crippen LogP contribution >= 0.6 is 0 Å². The van der Waals surface area contributed by atoms with Gasteiger partial charge in [0.25, 0.3) is 5.65 Å². The highest BCUT2D eigenvalue weighted by molar-refractivity contribution is 5.87. The number of hydrogen-bond donors (Lipinski definition) is 0. The van der Waals surface area contributed by atoms with Gasteiger partial charge in [-0.25, -0.2) is 15.0 Å². The summed E-state index contributed by atoms with van der Waals surface area (Å²) in [4.78, 5) is 20.3. The Morgan fingerprint density at radius 3 is 2.28 bits per heavy atom. The average Bonchev–Trinajstić information content (AvgIpc) is 2.65. The Balaban J connectivity index is 1.93. The summed E-state index contributed by atoms with van der Waals surface area (Å²) in [5.41, 5.74) is 5.13. The first-order valence-electron chi connectivity index (χ1n) is 7.52. The van der Waals surface area contributed by atoms with Crippen LogP contribution in [0.4, 0.5) is 5.82 Å². The van der Waals surface area contributed by atoms with Crippen LogP contribution in [-0.4, -0.2) is 19.9 Å². The molecule has 0 fully saturated rings. The maximum Gasteiger partial charge on any atom is 0.308 e. The van der Waals surface area contributed by atoms with Crippen LogP contribution in [0.3, 0.4) is 0 Å². The normalized spacial score (nSPS) is 10.5. The van der Waals surface area contributed by atoms with Crippen LogP contribution in [0.15, 0.2) is 42.5 Å². The molecule has 116 valence electrons. The summed E-state index contributed by atoms with van der Waals surface area (Å²) >= 11 is 0. The number of hydrogen-bond acceptors (Lipinski definition) is 5. The highest BCUT2D eigenvalue weighted by Crippen LogP contribution is 2.25. The number of nitriles is 1. The van der Waals surface area contributed by atoms with Crippen LogP contribution in [0, 0.1) is 24.8 Å². The smallest absolute Gasteiger partial charge is 0.308 e. The van der Waals surface area contributed by atoms with E-state index < -0.39 is 0 Å². The summed E-state index contributed by atoms with van der Waals surface area (Å²) in [6, 6.07) is 15.9. The van der Waals surface area contributed by atoms with Gasteiger partial charge in [0.1, 0.15) is 6.07 Å². The van der Waals surface area contributed by atoms with Crippen molar-refractivity contribution in [2.24, 2.45) is 0 Å². The van der Waals surface area contributed by atoms with Crippen LogP contribution < -0.4 is 0 Å². The molecule has 0 N–H and O–H groups in total. The van der Waals surface area contributed by atoms with E-state index in [1.54, 1.807) is 0 Å². The minimum atomic E-state index is -0.0571. The van der Waals surface area contributed by atoms with Gasteiger partial charge >= 0.3 is 5.82 Å². The lowest BCUT2D eigenvalue weighted by Crippen LogP contribution is -1.96. The van der Waals surface area contributed by atoms with Crippen LogP contribution in [0.5, 0.6) is 0 Å². The van der Waals surface area contributed by atoms with E-state index in [0.29, 0.717) is 11.0 Å². The topological polar surface area (TPSA) is 79.7 Å². The zero-order chi connectivity index (χ0) is 17.4. The number of nitrogens with zero attached hydrogens (tertiary/aromatic N) is 6. The van der Waals surface area contributed by atoms with E-state index in [9.17, 15) is 0 Å². The zero-order valence-corrected chi connectivity index (χ0v) is 13.2. The van der Waals surface area contributed by atoms with Gasteiger partial charge in [0.15, 0.2) is 5.69 Å². The fourth-order valence-corrected chi connectivity index (χ4v) is 2.57. The van der Waals surface area contributed by atoms with Gasteiger partial charge in [-0.3, -0.25) is 0 Å². The Hall–Kier alpha value is -3.90. The number of benzene rings is 2. The molecule has 0 atom stereocenters. The largest absolute Gasteiger partial charge is 0.358 e. The van der Waals surface area contributed by atoms with E-state index in [4.69, 9.17) is 11.8 Å². The molecule has 0 aliphatic heterocycles. The molecule has 0 radical (unpaired) electrons. The molecule has 0 amide bonds. The molecule has 2 heterocycles. The molecule has 4 rings (SSSR count). The van der Waals surface area contributed by atoms with Crippen LogP contribution in [-0.2, 0) is 0 Å². The highest BCUT2D eigenvalue weighted by Gasteiger charge is 2.14. The van der Waals surface area contributed by atoms with Crippen molar-refractivity contribution >= 4 is 28.1 Å². The first kappa shape index (κ1) is 14.7. The maximum absolute atomic E-state index is 9.06. The van der Waals surface area contributed by atoms with Gasteiger partial charge in [-0.1, -0.05) is 47.5 Å². The van der Waals surface area contributed by atoms with Crippen LogP contribution in [0.2, 0.25) is 0 Å². The first-order chi connectivity index (χ1) is 12.2. The van der Waals surface area contributed by atoms with Gasteiger partial charge in [-0.2, -0.15) is 5.26 Å². The molecular weight excluding hydrogens is 312 g/mol. The number of rotatable bonds is 1. The molecule has 0 saturated heterocycles. The molecule has 0 unspecified atom stereocenters. The molecule has 25 heavy (non-hydrogen) atoms. The summed E-state index contributed by atoms with van der Waals surface area (Å²) in [6.45, 7) is 9.16. The summed E-state index contributed by atoms with van der Waals surface area (Å²) < 4.78 is 0. The van der Waals surface area contributed by atoms with Gasteiger partial charge < -0.3 is 4.85 Å². The molecule has 4 aromatic rings. The summed E-state index contributed by atoms with van der Waals surface area (Å²) in [5, 5.41) is 9.06. The second-order valence-electron chi connectivity index (χ2n) is 5.56. The van der Waals surface area contributed by atoms with Gasteiger partial charge in [0, 0.05) is 0 Å². The van der Waals surface area contributed by atoms with E-state index in [-0.39, 0.29) is 22.8 Å². The van der Waals surface area contributed by atoms with E-state index in [1.807, 2.05) is 31.2 Å². The molecule has 0 aliphatic rings. The molecule has 2 aromatic carbocycles. The number of aromatic nitrogens is 4. The minimum absolute atomic E-state index is 0.0348. The average molecular weight is 322 g/mol. The SMILES string of the molecule is [C-]#[N+]c1nc2nc3cc(-c4ccc(C)cc4)ccc3nc2nc1C#N. The van der Waals surface area contributed by atoms with E-state index >= 15 is 0 Å². The predicted octanol–water partition coefficient (Wildman–Crippen LogP) is 3.97. The van der Waals surface area contributed by atoms with E-state index in [1.165, 1.54) is 5.56 Å². The molecule has 0 bridgehead atoms. The summed E-state index contributed by atoms with van der Waals surface area (Å²) in [6.07, 6.45) is 0. The van der Waals surface area contributed by atoms with Crippen molar-refractivity contribution in [3.8, 4) is 17.2 Å². The Morgan fingerprint density at radius 2 is 1.56 bits per heavy atom. The Morgan fingerprint density at radius 1 is 0.880 bits per heavy atom. The highest BCUT2D eigenvalue weighted by atomic mass is 15.0. The van der Waals surface area contributed by atoms with Gasteiger partial charge in [-0.15, -0.1) is 0 Å². The molecule has 6 heteroatoms. The van der Waals surface area contributed by atoms with Gasteiger partial charge in [0.05, 0.1) is 11.0 Å². The van der Waals surface area contributed by atoms with Crippen molar-refractivity contribution in [1.29, 1.82) is 5.26 Å². The lowest BCUT2D eigenvalue weighted by atomic mass is 10.0. The Labute approximate surface area is 143 Å². The lowest BCUT2D eigenvalue weighted by molar-refractivity contribution is 1.19. The zero-order valence-electron chi connectivity index (χ0n) is 13.2. The molecule has 0 aliphatic carbocycles. The van der Waals surface area contributed by atoms with Crippen LogP contribution in [0.1, 0.15) is 11.3 Å². The maximum atomic E-state index is 9.06. The van der Waals surface area contributed by atoms with Crippen molar-refractivity contribution in [2.75, 3.05) is 0 Å². The summed E-state index contributed by atoms with van der Waals surface area (Å²) in [5.74, 6) is -0.0571. The third kappa shape index (κ3) is 2.52. The second-order valence-corrected chi connectivity index (χ2v) is 5.56. The molecule has 0 saturated carbocycles. The second kappa shape index (κ2) is 5.63. The van der Waals surface area contributed by atoms with E-state index in [0.717, 1.165) is 11.1 Å². The third-order valence-corrected chi connectivity index (χ3v) is 3.87. The number of fused-ring (bicyclic) bond motifs is 2. The van der Waals surface area contributed by atoms with Crippen molar-refractivity contribution in [3.63, 3.8) is 0 Å². The minimum Gasteiger partial charge on any atom is -0.358 e. The Kier molecular flexibility index (Phi) is 3.30. The van der Waals surface area contributed by atoms with Crippen molar-refractivity contribution in [3.05, 3.63) is 65.1 Å². The van der Waals surface area contributed by atoms with Gasteiger partial charge in [-0.05, 0) is 30.2 Å². The molecule has 6 nitrogen and oxygen atoms in total. The van der Waals surface area contributed by atoms with Crippen molar-refractivity contribution in [2.45, 2.75) is 6.92 Å². The fraction of sp³-hybridized carbons (Fsp3) is 0.0526. The fourth-order valence-electron chi connectivity index (χ4n) is 2.57. The first-order valence-corrected chi connectivity index (χ1v) is 7.52. The quantitative estimate of drug-likeness (QED) is 0.391. The molecule has 0 spiro atoms. The van der Waals surface area contributed by atoms with Crippen molar-refractivity contribution < 1.29 is 0 Å². The molecular formula is C19H10N6. The Bertz CT molecular complexity index is 1210. The standard InChI is InChI=1S/C19H10N6/c1-11-3-5-12(6-4-11)13-7-8-14-15(9-13)23-19-18(22-14)24-16(10-20)17(21-2)25-19/h3-9H,1H3. The van der Waals surface area contributed by atoms with E-state index in [2.05, 4.69) is 49.0 Å². The van der Waals surface area contributed by atoms with Gasteiger partial charge in [0.2, 0.25) is 5.65 Å². The number of aryl methyl sites for hydroxylation is 1. The summed E-state index contributed by atoms with van der Waals surface area (Å²) in [7, 11) is 0. The third-order valence-electron chi connectivity index (χ3n) is 3.87. The lowest BCUT2D eigenvalue weighted by Gasteiger charge is -2.04. The molecule has 2 aromatic heterocycles. The monoisotopic (exact) mass is 322 g/mol. The predicted molar refractivity (Wildman–Crippen MR) is 93.8 cm³/mol. The van der Waals surface area contributed by atoms with Crippen molar-refractivity contribution in [1.82, 2.24) is 19.9 Å². The van der Waals surface area contributed by atoms with Crippen LogP contribution in [0.25, 0.3) is 38.3 Å².